The van der Waals surface area contributed by atoms with Crippen LogP contribution in [0.2, 0.25) is 0 Å². The number of phenols is 1. The molecule has 0 atom stereocenters. The number of para-hydroxylation sites is 1. The number of aromatic hydroxyl groups is 1. The van der Waals surface area contributed by atoms with E-state index in [2.05, 4.69) is 10.6 Å². The van der Waals surface area contributed by atoms with E-state index >= 15 is 0 Å². The van der Waals surface area contributed by atoms with E-state index in [1.54, 1.807) is 0 Å². The van der Waals surface area contributed by atoms with E-state index in [0.717, 1.165) is 11.8 Å². The lowest BCUT2D eigenvalue weighted by Gasteiger charge is -2.12. The molecule has 0 fully saturated rings. The highest BCUT2D eigenvalue weighted by Crippen LogP contribution is 2.24. The van der Waals surface area contributed by atoms with Gasteiger partial charge in [0, 0.05) is 5.69 Å². The average Bonchev–Trinajstić information content (AvgIpc) is 2.42. The van der Waals surface area contributed by atoms with Crippen LogP contribution in [0.3, 0.4) is 0 Å². The number of carboxylic acids is 1. The Morgan fingerprint density at radius 1 is 1.05 bits per heavy atom. The number of rotatable bonds is 3. The molecule has 0 radical (unpaired) electrons. The van der Waals surface area contributed by atoms with Crippen molar-refractivity contribution in [3.63, 3.8) is 0 Å². The first-order valence-corrected chi connectivity index (χ1v) is 6.16. The third-order valence-corrected chi connectivity index (χ3v) is 2.73. The van der Waals surface area contributed by atoms with Gasteiger partial charge >= 0.3 is 5.97 Å². The zero-order chi connectivity index (χ0) is 14.5. The maximum Gasteiger partial charge on any atom is 0.335 e. The first-order valence-electron chi connectivity index (χ1n) is 5.75. The maximum absolute atomic E-state index is 10.8. The molecule has 0 spiro atoms. The molecule has 0 saturated heterocycles. The van der Waals surface area contributed by atoms with Crippen molar-refractivity contribution >= 4 is 34.7 Å². The number of hydrogen-bond donors (Lipinski definition) is 4. The van der Waals surface area contributed by atoms with E-state index in [0.29, 0.717) is 10.8 Å². The summed E-state index contributed by atoms with van der Waals surface area (Å²) in [5, 5.41) is 24.6. The smallest absolute Gasteiger partial charge is 0.335 e. The zero-order valence-electron chi connectivity index (χ0n) is 10.3. The van der Waals surface area contributed by atoms with Crippen LogP contribution in [0, 0.1) is 0 Å². The number of thiocarbonyl (C=S) groups is 1. The molecule has 0 aromatic heterocycles. The molecular weight excluding hydrogens is 276 g/mol. The minimum Gasteiger partial charge on any atom is -0.506 e. The van der Waals surface area contributed by atoms with Gasteiger partial charge < -0.3 is 20.8 Å². The fourth-order valence-corrected chi connectivity index (χ4v) is 1.80. The Kier molecular flexibility index (Phi) is 4.17. The molecule has 0 aliphatic rings. The summed E-state index contributed by atoms with van der Waals surface area (Å²) >= 11 is 5.11. The highest BCUT2D eigenvalue weighted by Gasteiger charge is 2.08. The number of anilines is 2. The van der Waals surface area contributed by atoms with E-state index in [-0.39, 0.29) is 11.3 Å². The summed E-state index contributed by atoms with van der Waals surface area (Å²) in [6.07, 6.45) is 0. The molecule has 0 amide bonds. The quantitative estimate of drug-likeness (QED) is 0.513. The predicted octanol–water partition coefficient (Wildman–Crippen LogP) is 2.90. The molecule has 2 aromatic carbocycles. The molecular formula is C14H12N2O3S. The Bertz CT molecular complexity index is 644. The van der Waals surface area contributed by atoms with Gasteiger partial charge in [-0.3, -0.25) is 0 Å². The highest BCUT2D eigenvalue weighted by molar-refractivity contribution is 7.80. The van der Waals surface area contributed by atoms with Crippen molar-refractivity contribution in [2.75, 3.05) is 10.6 Å². The van der Waals surface area contributed by atoms with Crippen molar-refractivity contribution in [1.82, 2.24) is 0 Å². The second kappa shape index (κ2) is 6.03. The number of aromatic carboxylic acids is 1. The predicted molar refractivity (Wildman–Crippen MR) is 81.4 cm³/mol. The van der Waals surface area contributed by atoms with E-state index in [9.17, 15) is 9.90 Å². The third-order valence-electron chi connectivity index (χ3n) is 2.52. The van der Waals surface area contributed by atoms with Crippen molar-refractivity contribution < 1.29 is 15.0 Å². The molecule has 0 aliphatic heterocycles. The monoisotopic (exact) mass is 288 g/mol. The van der Waals surface area contributed by atoms with Crippen LogP contribution in [-0.2, 0) is 0 Å². The van der Waals surface area contributed by atoms with Crippen molar-refractivity contribution in [1.29, 1.82) is 0 Å². The number of carbonyl (C=O) groups is 1. The average molecular weight is 288 g/mol. The minimum atomic E-state index is -1.10. The number of carboxylic acid groups (broad SMARTS) is 1. The van der Waals surface area contributed by atoms with Gasteiger partial charge in [0.1, 0.15) is 5.75 Å². The number of benzene rings is 2. The molecule has 20 heavy (non-hydrogen) atoms. The second-order valence-corrected chi connectivity index (χ2v) is 4.39. The topological polar surface area (TPSA) is 81.6 Å². The van der Waals surface area contributed by atoms with E-state index < -0.39 is 5.97 Å². The van der Waals surface area contributed by atoms with Gasteiger partial charge in [-0.1, -0.05) is 18.2 Å². The lowest BCUT2D eigenvalue weighted by molar-refractivity contribution is 0.0696. The Morgan fingerprint density at radius 2 is 1.75 bits per heavy atom. The Balaban J connectivity index is 2.06. The molecule has 0 unspecified atom stereocenters. The van der Waals surface area contributed by atoms with Crippen LogP contribution in [0.15, 0.2) is 48.5 Å². The van der Waals surface area contributed by atoms with Crippen LogP contribution >= 0.6 is 12.2 Å². The van der Waals surface area contributed by atoms with Crippen LogP contribution in [0.1, 0.15) is 10.4 Å². The van der Waals surface area contributed by atoms with Gasteiger partial charge in [-0.05, 0) is 42.5 Å². The summed E-state index contributed by atoms with van der Waals surface area (Å²) in [7, 11) is 0. The van der Waals surface area contributed by atoms with Gasteiger partial charge in [-0.15, -0.1) is 0 Å². The van der Waals surface area contributed by atoms with E-state index in [1.165, 1.54) is 12.1 Å². The normalized spacial score (nSPS) is 9.80. The van der Waals surface area contributed by atoms with Crippen LogP contribution < -0.4 is 10.6 Å². The minimum absolute atomic E-state index is 0.00925. The van der Waals surface area contributed by atoms with Crippen LogP contribution in [0.25, 0.3) is 0 Å². The number of hydrogen-bond acceptors (Lipinski definition) is 3. The van der Waals surface area contributed by atoms with Crippen molar-refractivity contribution in [3.8, 4) is 5.75 Å². The lowest BCUT2D eigenvalue weighted by Crippen LogP contribution is -2.19. The van der Waals surface area contributed by atoms with Gasteiger partial charge in [0.15, 0.2) is 5.11 Å². The van der Waals surface area contributed by atoms with Crippen molar-refractivity contribution in [2.45, 2.75) is 0 Å². The summed E-state index contributed by atoms with van der Waals surface area (Å²) in [5.41, 5.74) is 1.16. The Labute approximate surface area is 120 Å². The lowest BCUT2D eigenvalue weighted by atomic mass is 10.2. The standard InChI is InChI=1S/C14H12N2O3S/c17-12-8-9(13(18)19)6-7-11(12)16-14(20)15-10-4-2-1-3-5-10/h1-8,17H,(H,18,19)(H2,15,16,20). The second-order valence-electron chi connectivity index (χ2n) is 3.98. The molecule has 4 N–H and O–H groups in total. The van der Waals surface area contributed by atoms with Gasteiger partial charge in [0.2, 0.25) is 0 Å². The molecule has 5 nitrogen and oxygen atoms in total. The van der Waals surface area contributed by atoms with Crippen LogP contribution in [-0.4, -0.2) is 21.3 Å². The zero-order valence-corrected chi connectivity index (χ0v) is 11.1. The third kappa shape index (κ3) is 3.46. The molecule has 0 bridgehead atoms. The van der Waals surface area contributed by atoms with Crippen LogP contribution in [0.5, 0.6) is 5.75 Å². The largest absolute Gasteiger partial charge is 0.506 e. The van der Waals surface area contributed by atoms with Gasteiger partial charge in [-0.2, -0.15) is 0 Å². The molecule has 0 heterocycles. The molecule has 6 heteroatoms. The van der Waals surface area contributed by atoms with E-state index in [4.69, 9.17) is 17.3 Å². The summed E-state index contributed by atoms with van der Waals surface area (Å²) in [6.45, 7) is 0. The maximum atomic E-state index is 10.8. The summed E-state index contributed by atoms with van der Waals surface area (Å²) in [6, 6.07) is 13.3. The van der Waals surface area contributed by atoms with Crippen molar-refractivity contribution in [3.05, 3.63) is 54.1 Å². The molecule has 0 saturated carbocycles. The fraction of sp³-hybridized carbons (Fsp3) is 0. The molecule has 102 valence electrons. The van der Waals surface area contributed by atoms with E-state index in [1.807, 2.05) is 30.3 Å². The summed E-state index contributed by atoms with van der Waals surface area (Å²) < 4.78 is 0. The first kappa shape index (κ1) is 13.8. The van der Waals surface area contributed by atoms with Crippen molar-refractivity contribution in [2.24, 2.45) is 0 Å². The fourth-order valence-electron chi connectivity index (χ4n) is 1.58. The van der Waals surface area contributed by atoms with Gasteiger partial charge in [-0.25, -0.2) is 4.79 Å². The van der Waals surface area contributed by atoms with Gasteiger partial charge in [0.25, 0.3) is 0 Å². The summed E-state index contributed by atoms with van der Waals surface area (Å²) in [4.78, 5) is 10.8. The van der Waals surface area contributed by atoms with Gasteiger partial charge in [0.05, 0.1) is 11.3 Å². The highest BCUT2D eigenvalue weighted by atomic mass is 32.1. The Morgan fingerprint density at radius 3 is 2.35 bits per heavy atom. The number of nitrogens with one attached hydrogen (secondary N) is 2. The molecule has 2 rings (SSSR count). The summed E-state index contributed by atoms with van der Waals surface area (Å²) in [5.74, 6) is -1.28. The number of phenolic OH excluding ortho intramolecular Hbond substituents is 1. The molecule has 2 aromatic rings. The first-order chi connectivity index (χ1) is 9.56. The SMILES string of the molecule is O=C(O)c1ccc(NC(=S)Nc2ccccc2)c(O)c1. The van der Waals surface area contributed by atoms with Crippen LogP contribution in [0.4, 0.5) is 11.4 Å². The molecule has 0 aliphatic carbocycles. The Hall–Kier alpha value is -2.60.